The van der Waals surface area contributed by atoms with Gasteiger partial charge in [-0.25, -0.2) is 4.68 Å². The number of carbonyl (C=O) groups excluding carboxylic acids is 2. The zero-order chi connectivity index (χ0) is 24.1. The first kappa shape index (κ1) is 23.2. The predicted octanol–water partition coefficient (Wildman–Crippen LogP) is 3.18. The number of hydrogen-bond donors (Lipinski definition) is 1. The number of hydrogen-bond acceptors (Lipinski definition) is 6. The number of carbonyl (C=O) groups is 2. The molecule has 0 saturated heterocycles. The zero-order valence-electron chi connectivity index (χ0n) is 19.4. The lowest BCUT2D eigenvalue weighted by atomic mass is 10.1. The number of fused-ring (bicyclic) bond motifs is 1. The van der Waals surface area contributed by atoms with Crippen molar-refractivity contribution in [1.29, 1.82) is 0 Å². The minimum atomic E-state index is -1.02. The van der Waals surface area contributed by atoms with E-state index in [4.69, 9.17) is 9.15 Å². The number of furan rings is 1. The molecule has 0 radical (unpaired) electrons. The van der Waals surface area contributed by atoms with Gasteiger partial charge in [-0.05, 0) is 61.4 Å². The van der Waals surface area contributed by atoms with Gasteiger partial charge in [0.05, 0.1) is 18.4 Å². The molecule has 34 heavy (non-hydrogen) atoms. The summed E-state index contributed by atoms with van der Waals surface area (Å²) >= 11 is 0. The fourth-order valence-electron chi connectivity index (χ4n) is 3.96. The average Bonchev–Trinajstić information content (AvgIpc) is 3.47. The molecule has 4 aromatic rings. The van der Waals surface area contributed by atoms with Crippen molar-refractivity contribution in [3.8, 4) is 0 Å². The Morgan fingerprint density at radius 2 is 1.88 bits per heavy atom. The molecule has 0 saturated carbocycles. The first-order chi connectivity index (χ1) is 16.5. The van der Waals surface area contributed by atoms with Gasteiger partial charge in [-0.1, -0.05) is 23.4 Å². The Kier molecular flexibility index (Phi) is 7.03. The third kappa shape index (κ3) is 4.99. The summed E-state index contributed by atoms with van der Waals surface area (Å²) in [4.78, 5) is 28.7. The van der Waals surface area contributed by atoms with Crippen LogP contribution in [0, 0.1) is 13.8 Å². The summed E-state index contributed by atoms with van der Waals surface area (Å²) < 4.78 is 12.2. The van der Waals surface area contributed by atoms with Crippen molar-refractivity contribution in [1.82, 2.24) is 20.3 Å². The van der Waals surface area contributed by atoms with Crippen molar-refractivity contribution in [2.45, 2.75) is 26.4 Å². The van der Waals surface area contributed by atoms with Gasteiger partial charge in [-0.2, -0.15) is 0 Å². The summed E-state index contributed by atoms with van der Waals surface area (Å²) in [6, 6.07) is 15.5. The average molecular weight is 462 g/mol. The number of anilines is 1. The molecule has 9 nitrogen and oxygen atoms in total. The monoisotopic (exact) mass is 461 g/mol. The fraction of sp³-hybridized carbons (Fsp3) is 0.280. The van der Waals surface area contributed by atoms with Crippen LogP contribution in [0.15, 0.2) is 65.3 Å². The largest absolute Gasteiger partial charge is 0.467 e. The number of para-hydroxylation sites is 1. The number of amides is 2. The topological polar surface area (TPSA) is 102 Å². The Bertz CT molecular complexity index is 1260. The molecule has 2 aromatic carbocycles. The maximum atomic E-state index is 13.8. The minimum absolute atomic E-state index is 0.101. The van der Waals surface area contributed by atoms with Crippen molar-refractivity contribution < 1.29 is 18.7 Å². The molecular formula is C25H27N5O4. The van der Waals surface area contributed by atoms with Crippen LogP contribution in [0.4, 0.5) is 5.69 Å². The first-order valence-electron chi connectivity index (χ1n) is 11.0. The molecule has 0 unspecified atom stereocenters. The van der Waals surface area contributed by atoms with Gasteiger partial charge in [-0.3, -0.25) is 14.5 Å². The van der Waals surface area contributed by atoms with E-state index in [-0.39, 0.29) is 18.4 Å². The molecule has 0 bridgehead atoms. The highest BCUT2D eigenvalue weighted by molar-refractivity contribution is 6.01. The van der Waals surface area contributed by atoms with Crippen molar-refractivity contribution in [3.05, 3.63) is 77.7 Å². The molecule has 0 aliphatic rings. The van der Waals surface area contributed by atoms with Gasteiger partial charge in [0.25, 0.3) is 5.91 Å². The van der Waals surface area contributed by atoms with Crippen LogP contribution in [-0.2, 0) is 20.9 Å². The van der Waals surface area contributed by atoms with E-state index in [1.807, 2.05) is 56.3 Å². The van der Waals surface area contributed by atoms with Gasteiger partial charge < -0.3 is 14.5 Å². The molecular weight excluding hydrogens is 434 g/mol. The van der Waals surface area contributed by atoms with E-state index in [1.165, 1.54) is 15.8 Å². The van der Waals surface area contributed by atoms with Crippen molar-refractivity contribution in [2.24, 2.45) is 0 Å². The van der Waals surface area contributed by atoms with Crippen LogP contribution >= 0.6 is 0 Å². The third-order valence-corrected chi connectivity index (χ3v) is 5.38. The second kappa shape index (κ2) is 10.3. The maximum absolute atomic E-state index is 13.8. The Labute approximate surface area is 197 Å². The van der Waals surface area contributed by atoms with Crippen LogP contribution in [0.5, 0.6) is 0 Å². The number of methoxy groups -OCH3 is 1. The SMILES string of the molecule is COCCNC(=O)[C@@H](c1ccco1)N(C(=O)Cn1nnc2ccccc21)c1cc(C)cc(C)c1. The van der Waals surface area contributed by atoms with Crippen LogP contribution in [0.2, 0.25) is 0 Å². The highest BCUT2D eigenvalue weighted by atomic mass is 16.5. The lowest BCUT2D eigenvalue weighted by molar-refractivity contribution is -0.127. The molecule has 1 atom stereocenters. The zero-order valence-corrected chi connectivity index (χ0v) is 19.4. The number of rotatable bonds is 9. The van der Waals surface area contributed by atoms with E-state index in [9.17, 15) is 9.59 Å². The Hall–Kier alpha value is -3.98. The van der Waals surface area contributed by atoms with E-state index >= 15 is 0 Å². The molecule has 0 aliphatic carbocycles. The number of aromatic nitrogens is 3. The second-order valence-electron chi connectivity index (χ2n) is 8.05. The number of benzene rings is 2. The molecule has 1 N–H and O–H groups in total. The van der Waals surface area contributed by atoms with E-state index in [1.54, 1.807) is 19.2 Å². The lowest BCUT2D eigenvalue weighted by Gasteiger charge is -2.30. The van der Waals surface area contributed by atoms with E-state index in [0.29, 0.717) is 30.1 Å². The van der Waals surface area contributed by atoms with Crippen LogP contribution in [-0.4, -0.2) is 47.1 Å². The molecule has 0 fully saturated rings. The number of nitrogens with zero attached hydrogens (tertiary/aromatic N) is 4. The summed E-state index contributed by atoms with van der Waals surface area (Å²) in [7, 11) is 1.56. The van der Waals surface area contributed by atoms with Crippen molar-refractivity contribution >= 4 is 28.5 Å². The molecule has 2 amide bonds. The van der Waals surface area contributed by atoms with Crippen LogP contribution in [0.1, 0.15) is 22.9 Å². The number of ether oxygens (including phenoxy) is 1. The van der Waals surface area contributed by atoms with E-state index in [2.05, 4.69) is 15.6 Å². The van der Waals surface area contributed by atoms with Gasteiger partial charge in [0, 0.05) is 19.3 Å². The van der Waals surface area contributed by atoms with E-state index < -0.39 is 6.04 Å². The molecule has 4 rings (SSSR count). The summed E-state index contributed by atoms with van der Waals surface area (Å²) in [6.07, 6.45) is 1.49. The number of aryl methyl sites for hydroxylation is 2. The van der Waals surface area contributed by atoms with Gasteiger partial charge in [0.15, 0.2) is 6.04 Å². The third-order valence-electron chi connectivity index (χ3n) is 5.38. The summed E-state index contributed by atoms with van der Waals surface area (Å²) in [5.74, 6) is -0.349. The second-order valence-corrected chi connectivity index (χ2v) is 8.05. The van der Waals surface area contributed by atoms with Gasteiger partial charge >= 0.3 is 0 Å². The highest BCUT2D eigenvalue weighted by Gasteiger charge is 2.35. The van der Waals surface area contributed by atoms with Crippen LogP contribution in [0.3, 0.4) is 0 Å². The Morgan fingerprint density at radius 3 is 2.59 bits per heavy atom. The first-order valence-corrected chi connectivity index (χ1v) is 11.0. The van der Waals surface area contributed by atoms with Crippen LogP contribution < -0.4 is 10.2 Å². The van der Waals surface area contributed by atoms with Gasteiger partial charge in [-0.15, -0.1) is 5.10 Å². The minimum Gasteiger partial charge on any atom is -0.467 e. The summed E-state index contributed by atoms with van der Waals surface area (Å²) in [5, 5.41) is 11.1. The number of nitrogens with one attached hydrogen (secondary N) is 1. The van der Waals surface area contributed by atoms with Crippen molar-refractivity contribution in [3.63, 3.8) is 0 Å². The molecule has 9 heteroatoms. The standard InChI is InChI=1S/C25H27N5O4/c1-17-13-18(2)15-19(14-17)30(23(31)16-29-21-8-5-4-7-20(21)27-28-29)24(22-9-6-11-34-22)25(32)26-10-12-33-3/h4-9,11,13-15,24H,10,12,16H2,1-3H3,(H,26,32)/t24-/m1/s1. The molecule has 0 spiro atoms. The quantitative estimate of drug-likeness (QED) is 0.384. The molecule has 176 valence electrons. The predicted molar refractivity (Wildman–Crippen MR) is 127 cm³/mol. The maximum Gasteiger partial charge on any atom is 0.251 e. The normalized spacial score (nSPS) is 12.0. The molecule has 2 aromatic heterocycles. The van der Waals surface area contributed by atoms with Crippen molar-refractivity contribution in [2.75, 3.05) is 25.2 Å². The molecule has 2 heterocycles. The lowest BCUT2D eigenvalue weighted by Crippen LogP contribution is -2.45. The smallest absolute Gasteiger partial charge is 0.251 e. The van der Waals surface area contributed by atoms with E-state index in [0.717, 1.165) is 16.6 Å². The Morgan fingerprint density at radius 1 is 1.12 bits per heavy atom. The molecule has 0 aliphatic heterocycles. The summed E-state index contributed by atoms with van der Waals surface area (Å²) in [6.45, 7) is 4.44. The highest BCUT2D eigenvalue weighted by Crippen LogP contribution is 2.30. The van der Waals surface area contributed by atoms with Crippen LogP contribution in [0.25, 0.3) is 11.0 Å². The fourth-order valence-corrected chi connectivity index (χ4v) is 3.96. The summed E-state index contributed by atoms with van der Waals surface area (Å²) in [5.41, 5.74) is 3.95. The van der Waals surface area contributed by atoms with Gasteiger partial charge in [0.1, 0.15) is 17.8 Å². The van der Waals surface area contributed by atoms with Gasteiger partial charge in [0.2, 0.25) is 5.91 Å². The Balaban J connectivity index is 1.77.